The Morgan fingerprint density at radius 3 is 2.13 bits per heavy atom. The highest BCUT2D eigenvalue weighted by molar-refractivity contribution is 7.92. The number of rotatable bonds is 7. The van der Waals surface area contributed by atoms with Crippen molar-refractivity contribution >= 4 is 44.8 Å². The molecular formula is C22H20Cl2N2O3S. The highest BCUT2D eigenvalue weighted by Crippen LogP contribution is 2.29. The van der Waals surface area contributed by atoms with Crippen LogP contribution in [0.5, 0.6) is 0 Å². The van der Waals surface area contributed by atoms with Crippen LogP contribution >= 0.6 is 23.2 Å². The molecule has 0 radical (unpaired) electrons. The molecular weight excluding hydrogens is 443 g/mol. The largest absolute Gasteiger partial charge is 0.350 e. The van der Waals surface area contributed by atoms with Crippen LogP contribution in [0.2, 0.25) is 10.0 Å². The molecule has 5 nitrogen and oxygen atoms in total. The maximum atomic E-state index is 13.3. The molecule has 0 aliphatic rings. The fraction of sp³-hybridized carbons (Fsp3) is 0.136. The van der Waals surface area contributed by atoms with Gasteiger partial charge in [-0.15, -0.1) is 0 Å². The minimum atomic E-state index is -4.03. The van der Waals surface area contributed by atoms with Gasteiger partial charge in [-0.1, -0.05) is 71.2 Å². The van der Waals surface area contributed by atoms with E-state index >= 15 is 0 Å². The number of halogens is 2. The predicted molar refractivity (Wildman–Crippen MR) is 120 cm³/mol. The molecule has 30 heavy (non-hydrogen) atoms. The summed E-state index contributed by atoms with van der Waals surface area (Å²) in [5, 5.41) is 3.29. The SMILES string of the molecule is Cc1ccc(S(=O)(=O)N(CC(=O)NCc2ccccc2)c2cc(Cl)cc(Cl)c2)cc1. The van der Waals surface area contributed by atoms with Crippen molar-refractivity contribution in [1.82, 2.24) is 5.32 Å². The highest BCUT2D eigenvalue weighted by Gasteiger charge is 2.27. The second kappa shape index (κ2) is 9.51. The first-order valence-electron chi connectivity index (χ1n) is 9.12. The van der Waals surface area contributed by atoms with E-state index in [9.17, 15) is 13.2 Å². The zero-order valence-electron chi connectivity index (χ0n) is 16.2. The lowest BCUT2D eigenvalue weighted by Crippen LogP contribution is -2.40. The van der Waals surface area contributed by atoms with E-state index in [0.29, 0.717) is 0 Å². The summed E-state index contributed by atoms with van der Waals surface area (Å²) >= 11 is 12.2. The number of carbonyl (C=O) groups excluding carboxylic acids is 1. The Morgan fingerprint density at radius 2 is 1.53 bits per heavy atom. The van der Waals surface area contributed by atoms with E-state index in [1.165, 1.54) is 30.3 Å². The van der Waals surface area contributed by atoms with Gasteiger partial charge in [-0.3, -0.25) is 9.10 Å². The van der Waals surface area contributed by atoms with Crippen molar-refractivity contribution in [2.75, 3.05) is 10.8 Å². The van der Waals surface area contributed by atoms with E-state index in [2.05, 4.69) is 5.32 Å². The van der Waals surface area contributed by atoms with Gasteiger partial charge in [-0.05, 0) is 42.8 Å². The second-order valence-corrected chi connectivity index (χ2v) is 9.45. The summed E-state index contributed by atoms with van der Waals surface area (Å²) in [6.07, 6.45) is 0. The Kier molecular flexibility index (Phi) is 7.02. The molecule has 1 N–H and O–H groups in total. The quantitative estimate of drug-likeness (QED) is 0.547. The van der Waals surface area contributed by atoms with Crippen molar-refractivity contribution in [3.8, 4) is 0 Å². The molecule has 156 valence electrons. The Bertz CT molecular complexity index is 1110. The first-order valence-corrected chi connectivity index (χ1v) is 11.3. The van der Waals surface area contributed by atoms with Gasteiger partial charge in [-0.25, -0.2) is 8.42 Å². The van der Waals surface area contributed by atoms with Gasteiger partial charge in [0, 0.05) is 16.6 Å². The standard InChI is InChI=1S/C22H20Cl2N2O3S/c1-16-7-9-21(10-8-16)30(28,29)26(20-12-18(23)11-19(24)13-20)15-22(27)25-14-17-5-3-2-4-6-17/h2-13H,14-15H2,1H3,(H,25,27). The fourth-order valence-electron chi connectivity index (χ4n) is 2.82. The minimum absolute atomic E-state index is 0.0695. The van der Waals surface area contributed by atoms with Crippen molar-refractivity contribution in [3.05, 3.63) is 94.0 Å². The zero-order chi connectivity index (χ0) is 21.7. The molecule has 0 spiro atoms. The van der Waals surface area contributed by atoms with Gasteiger partial charge in [-0.2, -0.15) is 0 Å². The van der Waals surface area contributed by atoms with Crippen LogP contribution < -0.4 is 9.62 Å². The molecule has 0 unspecified atom stereocenters. The topological polar surface area (TPSA) is 66.5 Å². The summed E-state index contributed by atoms with van der Waals surface area (Å²) in [5.74, 6) is -0.453. The molecule has 0 saturated carbocycles. The Balaban J connectivity index is 1.91. The molecule has 1 amide bonds. The zero-order valence-corrected chi connectivity index (χ0v) is 18.5. The number of anilines is 1. The molecule has 0 aromatic heterocycles. The number of nitrogens with one attached hydrogen (secondary N) is 1. The maximum Gasteiger partial charge on any atom is 0.264 e. The molecule has 0 atom stereocenters. The van der Waals surface area contributed by atoms with E-state index in [4.69, 9.17) is 23.2 Å². The van der Waals surface area contributed by atoms with Crippen LogP contribution in [-0.4, -0.2) is 20.9 Å². The predicted octanol–water partition coefficient (Wildman–Crippen LogP) is 4.81. The molecule has 0 bridgehead atoms. The van der Waals surface area contributed by atoms with Gasteiger partial charge in [0.25, 0.3) is 10.0 Å². The van der Waals surface area contributed by atoms with Gasteiger partial charge in [0.1, 0.15) is 6.54 Å². The lowest BCUT2D eigenvalue weighted by atomic mass is 10.2. The molecule has 0 fully saturated rings. The molecule has 0 heterocycles. The summed E-state index contributed by atoms with van der Waals surface area (Å²) in [5.41, 5.74) is 2.04. The first kappa shape index (κ1) is 22.2. The molecule has 0 aliphatic carbocycles. The third kappa shape index (κ3) is 5.53. The number of hydrogen-bond acceptors (Lipinski definition) is 3. The number of benzene rings is 3. The molecule has 3 rings (SSSR count). The minimum Gasteiger partial charge on any atom is -0.350 e. The van der Waals surface area contributed by atoms with Crippen LogP contribution in [0.3, 0.4) is 0 Å². The average Bonchev–Trinajstić information content (AvgIpc) is 2.70. The number of amides is 1. The van der Waals surface area contributed by atoms with E-state index in [-0.39, 0.29) is 27.2 Å². The molecule has 0 saturated heterocycles. The average molecular weight is 463 g/mol. The lowest BCUT2D eigenvalue weighted by Gasteiger charge is -2.24. The number of sulfonamides is 1. The normalized spacial score (nSPS) is 11.2. The van der Waals surface area contributed by atoms with Crippen molar-refractivity contribution in [1.29, 1.82) is 0 Å². The summed E-state index contributed by atoms with van der Waals surface area (Å²) in [4.78, 5) is 12.7. The lowest BCUT2D eigenvalue weighted by molar-refractivity contribution is -0.119. The van der Waals surface area contributed by atoms with Crippen molar-refractivity contribution in [3.63, 3.8) is 0 Å². The number of hydrogen-bond donors (Lipinski definition) is 1. The van der Waals surface area contributed by atoms with Gasteiger partial charge in [0.15, 0.2) is 0 Å². The van der Waals surface area contributed by atoms with Gasteiger partial charge >= 0.3 is 0 Å². The van der Waals surface area contributed by atoms with Crippen LogP contribution in [0.25, 0.3) is 0 Å². The first-order chi connectivity index (χ1) is 14.3. The summed E-state index contributed by atoms with van der Waals surface area (Å²) in [7, 11) is -4.03. The van der Waals surface area contributed by atoms with Crippen LogP contribution in [0, 0.1) is 6.92 Å². The van der Waals surface area contributed by atoms with Gasteiger partial charge in [0.05, 0.1) is 10.6 Å². The summed E-state index contributed by atoms with van der Waals surface area (Å²) in [6, 6.07) is 20.2. The molecule has 3 aromatic rings. The van der Waals surface area contributed by atoms with Crippen LogP contribution in [0.15, 0.2) is 77.7 Å². The Morgan fingerprint density at radius 1 is 0.933 bits per heavy atom. The number of nitrogens with zero attached hydrogens (tertiary/aromatic N) is 1. The van der Waals surface area contributed by atoms with E-state index < -0.39 is 22.5 Å². The van der Waals surface area contributed by atoms with Crippen LogP contribution in [0.4, 0.5) is 5.69 Å². The molecule has 3 aromatic carbocycles. The maximum absolute atomic E-state index is 13.3. The van der Waals surface area contributed by atoms with Crippen molar-refractivity contribution in [2.24, 2.45) is 0 Å². The van der Waals surface area contributed by atoms with Crippen molar-refractivity contribution in [2.45, 2.75) is 18.4 Å². The van der Waals surface area contributed by atoms with E-state index in [1.54, 1.807) is 12.1 Å². The van der Waals surface area contributed by atoms with E-state index in [0.717, 1.165) is 15.4 Å². The number of carbonyl (C=O) groups is 1. The Hall–Kier alpha value is -2.54. The Labute approximate surface area is 186 Å². The third-order valence-corrected chi connectivity index (χ3v) is 6.59. The fourth-order valence-corrected chi connectivity index (χ4v) is 4.74. The van der Waals surface area contributed by atoms with Crippen LogP contribution in [0.1, 0.15) is 11.1 Å². The van der Waals surface area contributed by atoms with Gasteiger partial charge in [0.2, 0.25) is 5.91 Å². The van der Waals surface area contributed by atoms with E-state index in [1.807, 2.05) is 37.3 Å². The van der Waals surface area contributed by atoms with Crippen molar-refractivity contribution < 1.29 is 13.2 Å². The monoisotopic (exact) mass is 462 g/mol. The number of aryl methyl sites for hydroxylation is 1. The third-order valence-electron chi connectivity index (χ3n) is 4.36. The smallest absolute Gasteiger partial charge is 0.264 e. The van der Waals surface area contributed by atoms with Crippen LogP contribution in [-0.2, 0) is 21.4 Å². The highest BCUT2D eigenvalue weighted by atomic mass is 35.5. The molecule has 0 aliphatic heterocycles. The summed E-state index contributed by atoms with van der Waals surface area (Å²) in [6.45, 7) is 1.73. The second-order valence-electron chi connectivity index (χ2n) is 6.71. The summed E-state index contributed by atoms with van der Waals surface area (Å²) < 4.78 is 27.7. The molecule has 8 heteroatoms. The van der Waals surface area contributed by atoms with Gasteiger partial charge < -0.3 is 5.32 Å².